The van der Waals surface area contributed by atoms with Gasteiger partial charge in [-0.05, 0) is 0 Å². The molecule has 3 heterocycles. The van der Waals surface area contributed by atoms with Crippen LogP contribution in [0.3, 0.4) is 0 Å². The van der Waals surface area contributed by atoms with E-state index in [9.17, 15) is 13.2 Å². The predicted octanol–water partition coefficient (Wildman–Crippen LogP) is -1.54. The fraction of sp³-hybridized carbons (Fsp3) is 0.444. The molecule has 13 heteroatoms. The number of urea groups is 1. The van der Waals surface area contributed by atoms with E-state index in [1.807, 2.05) is 0 Å². The van der Waals surface area contributed by atoms with Gasteiger partial charge in [-0.3, -0.25) is 15.1 Å². The van der Waals surface area contributed by atoms with Crippen molar-refractivity contribution in [1.29, 1.82) is 5.41 Å². The summed E-state index contributed by atoms with van der Waals surface area (Å²) in [7, 11) is -4.83. The van der Waals surface area contributed by atoms with Gasteiger partial charge in [0, 0.05) is 18.3 Å². The van der Waals surface area contributed by atoms with Crippen LogP contribution in [0.25, 0.3) is 0 Å². The van der Waals surface area contributed by atoms with Crippen LogP contribution in [0.1, 0.15) is 23.3 Å². The third-order valence-electron chi connectivity index (χ3n) is 3.50. The zero-order valence-corrected chi connectivity index (χ0v) is 11.9. The Morgan fingerprint density at radius 1 is 1.68 bits per heavy atom. The van der Waals surface area contributed by atoms with Crippen molar-refractivity contribution in [3.05, 3.63) is 17.5 Å². The van der Waals surface area contributed by atoms with Gasteiger partial charge in [-0.2, -0.15) is 18.6 Å². The number of nitrogens with one attached hydrogen (secondary N) is 3. The molecule has 2 bridgehead atoms. The van der Waals surface area contributed by atoms with Gasteiger partial charge >= 0.3 is 16.4 Å². The number of amides is 2. The van der Waals surface area contributed by atoms with E-state index >= 15 is 0 Å². The number of hydroxylamine groups is 2. The van der Waals surface area contributed by atoms with Crippen molar-refractivity contribution >= 4 is 22.4 Å². The summed E-state index contributed by atoms with van der Waals surface area (Å²) in [6.45, 7) is 0.288. The fourth-order valence-corrected chi connectivity index (χ4v) is 3.04. The number of carbonyl (C=O) groups excluding carboxylic acids is 1. The molecule has 6 N–H and O–H groups in total. The van der Waals surface area contributed by atoms with Gasteiger partial charge in [0.15, 0.2) is 5.96 Å². The molecule has 120 valence electrons. The first-order chi connectivity index (χ1) is 10.3. The molecule has 1 fully saturated rings. The number of aromatic nitrogens is 2. The van der Waals surface area contributed by atoms with E-state index in [-0.39, 0.29) is 19.0 Å². The molecule has 2 atom stereocenters. The highest BCUT2D eigenvalue weighted by atomic mass is 32.3. The van der Waals surface area contributed by atoms with Crippen LogP contribution < -0.4 is 11.1 Å². The Kier molecular flexibility index (Phi) is 3.19. The van der Waals surface area contributed by atoms with Crippen molar-refractivity contribution in [3.63, 3.8) is 0 Å². The quantitative estimate of drug-likeness (QED) is 0.250. The summed E-state index contributed by atoms with van der Waals surface area (Å²) < 4.78 is 35.0. The van der Waals surface area contributed by atoms with Gasteiger partial charge in [0.05, 0.1) is 18.3 Å². The molecule has 2 amide bonds. The molecule has 1 aromatic rings. The normalized spacial score (nSPS) is 23.6. The standard InChI is InChI=1S/C9H13N7O5S/c10-8(11)12-2-5-7-4(1-13-14-7)6-3-15(5)9(17)16(6)21-22(18,19)20/h1,5-6H,2-3H2,(H,13,14)(H4,10,11,12)(H,18,19,20). The van der Waals surface area contributed by atoms with Crippen LogP contribution in [0.4, 0.5) is 4.79 Å². The Hall–Kier alpha value is -2.38. The number of H-pyrrole nitrogens is 1. The molecule has 12 nitrogen and oxygen atoms in total. The number of rotatable bonds is 4. The first-order valence-corrected chi connectivity index (χ1v) is 7.52. The maximum Gasteiger partial charge on any atom is 0.418 e. The SMILES string of the molecule is N=C(N)NCC1c2n[nH]cc2C2CN1C(=O)N2OS(=O)(=O)O. The van der Waals surface area contributed by atoms with Gasteiger partial charge in [-0.1, -0.05) is 0 Å². The minimum absolute atomic E-state index is 0.130. The molecule has 0 radical (unpaired) electrons. The van der Waals surface area contributed by atoms with Gasteiger partial charge in [0.1, 0.15) is 6.04 Å². The minimum atomic E-state index is -4.83. The number of nitrogens with two attached hydrogens (primary N) is 1. The topological polar surface area (TPSA) is 178 Å². The lowest BCUT2D eigenvalue weighted by molar-refractivity contribution is -0.0317. The number of hydrogen-bond acceptors (Lipinski definition) is 6. The number of carbonyl (C=O) groups is 1. The second-order valence-corrected chi connectivity index (χ2v) is 5.82. The molecule has 0 aliphatic carbocycles. The number of nitrogens with zero attached hydrogens (tertiary/aromatic N) is 3. The lowest BCUT2D eigenvalue weighted by Gasteiger charge is -2.29. The van der Waals surface area contributed by atoms with Crippen LogP contribution in [-0.2, 0) is 14.7 Å². The first kappa shape index (κ1) is 14.6. The monoisotopic (exact) mass is 331 g/mol. The van der Waals surface area contributed by atoms with Gasteiger partial charge in [-0.15, -0.1) is 4.28 Å². The van der Waals surface area contributed by atoms with Crippen molar-refractivity contribution < 1.29 is 22.0 Å². The van der Waals surface area contributed by atoms with Gasteiger partial charge in [0.2, 0.25) is 0 Å². The third-order valence-corrected chi connectivity index (χ3v) is 3.85. The van der Waals surface area contributed by atoms with Crippen LogP contribution in [-0.4, -0.2) is 58.2 Å². The third kappa shape index (κ3) is 2.34. The summed E-state index contributed by atoms with van der Waals surface area (Å²) in [4.78, 5) is 13.6. The highest BCUT2D eigenvalue weighted by molar-refractivity contribution is 7.80. The zero-order chi connectivity index (χ0) is 16.1. The molecule has 1 aromatic heterocycles. The minimum Gasteiger partial charge on any atom is -0.370 e. The van der Waals surface area contributed by atoms with Crippen LogP contribution >= 0.6 is 0 Å². The first-order valence-electron chi connectivity index (χ1n) is 6.16. The van der Waals surface area contributed by atoms with Crippen molar-refractivity contribution in [2.75, 3.05) is 13.1 Å². The lowest BCUT2D eigenvalue weighted by atomic mass is 9.98. The zero-order valence-electron chi connectivity index (χ0n) is 11.1. The molecule has 0 saturated carbocycles. The summed E-state index contributed by atoms with van der Waals surface area (Å²) in [5, 5.41) is 17.1. The van der Waals surface area contributed by atoms with Crippen molar-refractivity contribution in [1.82, 2.24) is 25.5 Å². The molecule has 3 rings (SSSR count). The van der Waals surface area contributed by atoms with Gasteiger partial charge in [0.25, 0.3) is 0 Å². The lowest BCUT2D eigenvalue weighted by Crippen LogP contribution is -2.43. The summed E-state index contributed by atoms with van der Waals surface area (Å²) in [5.74, 6) is -0.267. The Bertz CT molecular complexity index is 730. The maximum atomic E-state index is 12.3. The second kappa shape index (κ2) is 4.82. The van der Waals surface area contributed by atoms with E-state index in [2.05, 4.69) is 19.8 Å². The van der Waals surface area contributed by atoms with E-state index in [0.29, 0.717) is 16.3 Å². The predicted molar refractivity (Wildman–Crippen MR) is 70.6 cm³/mol. The molecule has 1 saturated heterocycles. The molecular formula is C9H13N7O5S. The summed E-state index contributed by atoms with van der Waals surface area (Å²) in [5.41, 5.74) is 6.32. The van der Waals surface area contributed by atoms with E-state index in [1.165, 1.54) is 11.1 Å². The number of guanidine groups is 1. The number of aromatic amines is 1. The highest BCUT2D eigenvalue weighted by Crippen LogP contribution is 2.42. The smallest absolute Gasteiger partial charge is 0.370 e. The van der Waals surface area contributed by atoms with E-state index < -0.39 is 28.5 Å². The van der Waals surface area contributed by atoms with E-state index in [1.54, 1.807) is 0 Å². The van der Waals surface area contributed by atoms with Crippen LogP contribution in [0.5, 0.6) is 0 Å². The van der Waals surface area contributed by atoms with Crippen LogP contribution in [0, 0.1) is 5.41 Å². The van der Waals surface area contributed by atoms with Gasteiger partial charge < -0.3 is 16.0 Å². The van der Waals surface area contributed by atoms with Gasteiger partial charge in [-0.25, -0.2) is 4.79 Å². The highest BCUT2D eigenvalue weighted by Gasteiger charge is 2.51. The molecule has 2 aliphatic rings. The van der Waals surface area contributed by atoms with E-state index in [4.69, 9.17) is 15.7 Å². The fourth-order valence-electron chi connectivity index (χ4n) is 2.67. The Morgan fingerprint density at radius 2 is 2.41 bits per heavy atom. The molecule has 22 heavy (non-hydrogen) atoms. The Labute approximate surface area is 124 Å². The van der Waals surface area contributed by atoms with E-state index in [0.717, 1.165) is 0 Å². The van der Waals surface area contributed by atoms with Crippen molar-refractivity contribution in [3.8, 4) is 0 Å². The van der Waals surface area contributed by atoms with Crippen molar-refractivity contribution in [2.45, 2.75) is 12.1 Å². The average molecular weight is 331 g/mol. The molecule has 0 spiro atoms. The number of fused-ring (bicyclic) bond motifs is 4. The Morgan fingerprint density at radius 3 is 3.05 bits per heavy atom. The van der Waals surface area contributed by atoms with Crippen LogP contribution in [0.2, 0.25) is 0 Å². The van der Waals surface area contributed by atoms with Crippen molar-refractivity contribution in [2.24, 2.45) is 5.73 Å². The molecule has 0 aromatic carbocycles. The van der Waals surface area contributed by atoms with Crippen LogP contribution in [0.15, 0.2) is 6.20 Å². The molecular weight excluding hydrogens is 318 g/mol. The summed E-state index contributed by atoms with van der Waals surface area (Å²) >= 11 is 0. The summed E-state index contributed by atoms with van der Waals surface area (Å²) in [6.07, 6.45) is 1.52. The molecule has 2 aliphatic heterocycles. The second-order valence-electron chi connectivity index (χ2n) is 4.81. The molecule has 2 unspecified atom stereocenters. The maximum absolute atomic E-state index is 12.3. The average Bonchev–Trinajstić information content (AvgIpc) is 2.97. The summed E-state index contributed by atoms with van der Waals surface area (Å²) in [6, 6.07) is -1.99. The Balaban J connectivity index is 1.94. The number of hydrogen-bond donors (Lipinski definition) is 5. The largest absolute Gasteiger partial charge is 0.418 e.